The molecule has 0 radical (unpaired) electrons. The van der Waals surface area contributed by atoms with Crippen molar-refractivity contribution in [3.63, 3.8) is 0 Å². The number of ether oxygens (including phenoxy) is 1. The quantitative estimate of drug-likeness (QED) is 0.246. The first kappa shape index (κ1) is 30.1. The molecule has 4 N–H and O–H groups in total. The number of nitrogen functional groups attached to an aromatic ring is 2. The van der Waals surface area contributed by atoms with E-state index in [4.69, 9.17) is 21.3 Å². The lowest BCUT2D eigenvalue weighted by molar-refractivity contribution is 0.137. The van der Waals surface area contributed by atoms with E-state index in [1.165, 1.54) is 12.7 Å². The summed E-state index contributed by atoms with van der Waals surface area (Å²) in [5.41, 5.74) is 17.1. The molecule has 42 heavy (non-hydrogen) atoms. The van der Waals surface area contributed by atoms with Crippen molar-refractivity contribution in [1.29, 1.82) is 0 Å². The molecule has 11 heteroatoms. The Morgan fingerprint density at radius 2 is 1.21 bits per heavy atom. The standard InChI is InChI=1S/C15H17N5O.C15H17N5.CH4/c1-2-21-9-8-20-15-12(14(16)17-10-18-15)13(19-20)11-6-4-3-5-7-11;1-15(2,3)20-14-11(13(16)17-9-18-14)12(19-20)10-7-5-4-6-8-10;/h3-7,10H,2,8-9H2,1H3,(H2,16,17,18);4-9H,1-3H3,(H2,16,17,18);1H4. The van der Waals surface area contributed by atoms with Gasteiger partial charge in [0.25, 0.3) is 0 Å². The number of rotatable bonds is 6. The third kappa shape index (κ3) is 6.06. The van der Waals surface area contributed by atoms with Crippen molar-refractivity contribution in [1.82, 2.24) is 39.5 Å². The fraction of sp³-hybridized carbons (Fsp3) is 0.290. The predicted octanol–water partition coefficient (Wildman–Crippen LogP) is 5.58. The van der Waals surface area contributed by atoms with Gasteiger partial charge < -0.3 is 16.2 Å². The molecule has 4 aromatic heterocycles. The molecule has 6 aromatic rings. The molecule has 0 unspecified atom stereocenters. The number of benzene rings is 2. The summed E-state index contributed by atoms with van der Waals surface area (Å²) < 4.78 is 9.13. The van der Waals surface area contributed by atoms with E-state index in [9.17, 15) is 0 Å². The van der Waals surface area contributed by atoms with Crippen LogP contribution in [0.2, 0.25) is 0 Å². The van der Waals surface area contributed by atoms with Crippen LogP contribution in [0.3, 0.4) is 0 Å². The zero-order valence-corrected chi connectivity index (χ0v) is 23.7. The summed E-state index contributed by atoms with van der Waals surface area (Å²) in [6.07, 6.45) is 2.95. The first-order valence-electron chi connectivity index (χ1n) is 13.4. The van der Waals surface area contributed by atoms with E-state index in [0.29, 0.717) is 31.4 Å². The monoisotopic (exact) mass is 566 g/mol. The Labute approximate surface area is 245 Å². The summed E-state index contributed by atoms with van der Waals surface area (Å²) >= 11 is 0. The van der Waals surface area contributed by atoms with Crippen molar-refractivity contribution in [2.75, 3.05) is 24.7 Å². The van der Waals surface area contributed by atoms with Crippen molar-refractivity contribution in [3.05, 3.63) is 73.3 Å². The lowest BCUT2D eigenvalue weighted by Crippen LogP contribution is -2.23. The van der Waals surface area contributed by atoms with Crippen LogP contribution < -0.4 is 11.5 Å². The largest absolute Gasteiger partial charge is 0.383 e. The molecule has 0 saturated carbocycles. The van der Waals surface area contributed by atoms with Crippen LogP contribution in [0.25, 0.3) is 44.6 Å². The molecule has 0 fully saturated rings. The Balaban J connectivity index is 0.000000189. The number of anilines is 2. The van der Waals surface area contributed by atoms with Gasteiger partial charge in [0.2, 0.25) is 0 Å². The smallest absolute Gasteiger partial charge is 0.164 e. The molecule has 0 bridgehead atoms. The Kier molecular flexibility index (Phi) is 9.12. The fourth-order valence-electron chi connectivity index (χ4n) is 4.52. The zero-order chi connectivity index (χ0) is 29.0. The predicted molar refractivity (Wildman–Crippen MR) is 169 cm³/mol. The first-order chi connectivity index (χ1) is 19.8. The minimum atomic E-state index is -0.175. The van der Waals surface area contributed by atoms with Gasteiger partial charge in [0, 0.05) is 17.7 Å². The van der Waals surface area contributed by atoms with E-state index in [1.807, 2.05) is 77.0 Å². The highest BCUT2D eigenvalue weighted by Crippen LogP contribution is 2.33. The van der Waals surface area contributed by atoms with Gasteiger partial charge in [0.15, 0.2) is 11.3 Å². The van der Waals surface area contributed by atoms with E-state index in [2.05, 4.69) is 45.8 Å². The van der Waals surface area contributed by atoms with Gasteiger partial charge in [-0.1, -0.05) is 68.1 Å². The molecule has 6 rings (SSSR count). The number of aromatic nitrogens is 8. The molecule has 0 aliphatic carbocycles. The third-order valence-corrected chi connectivity index (χ3v) is 6.43. The van der Waals surface area contributed by atoms with Crippen LogP contribution in [-0.2, 0) is 16.8 Å². The molecule has 0 spiro atoms. The summed E-state index contributed by atoms with van der Waals surface area (Å²) in [6, 6.07) is 19.9. The van der Waals surface area contributed by atoms with Gasteiger partial charge in [-0.25, -0.2) is 29.3 Å². The average Bonchev–Trinajstić information content (AvgIpc) is 3.56. The Bertz CT molecular complexity index is 1760. The molecule has 0 aliphatic rings. The van der Waals surface area contributed by atoms with Crippen LogP contribution >= 0.6 is 0 Å². The zero-order valence-electron chi connectivity index (χ0n) is 23.7. The van der Waals surface area contributed by atoms with Gasteiger partial charge in [-0.3, -0.25) is 0 Å². The number of fused-ring (bicyclic) bond motifs is 2. The van der Waals surface area contributed by atoms with Crippen LogP contribution in [0.5, 0.6) is 0 Å². The molecule has 0 saturated heterocycles. The highest BCUT2D eigenvalue weighted by atomic mass is 16.5. The second kappa shape index (κ2) is 12.7. The first-order valence-corrected chi connectivity index (χ1v) is 13.4. The molecular formula is C31H38N10O. The van der Waals surface area contributed by atoms with Crippen molar-refractivity contribution < 1.29 is 4.74 Å². The maximum Gasteiger partial charge on any atom is 0.164 e. The van der Waals surface area contributed by atoms with E-state index in [0.717, 1.165) is 44.6 Å². The second-order valence-electron chi connectivity index (χ2n) is 10.3. The van der Waals surface area contributed by atoms with E-state index in [1.54, 1.807) is 0 Å². The second-order valence-corrected chi connectivity index (χ2v) is 10.3. The Hall–Kier alpha value is -4.90. The van der Waals surface area contributed by atoms with Gasteiger partial charge in [-0.2, -0.15) is 10.2 Å². The Morgan fingerprint density at radius 3 is 1.74 bits per heavy atom. The maximum absolute atomic E-state index is 6.05. The summed E-state index contributed by atoms with van der Waals surface area (Å²) in [5, 5.41) is 11.0. The van der Waals surface area contributed by atoms with Gasteiger partial charge >= 0.3 is 0 Å². The van der Waals surface area contributed by atoms with Crippen LogP contribution in [0, 0.1) is 0 Å². The summed E-state index contributed by atoms with van der Waals surface area (Å²) in [4.78, 5) is 16.9. The third-order valence-electron chi connectivity index (χ3n) is 6.43. The molecule has 2 aromatic carbocycles. The molecule has 218 valence electrons. The summed E-state index contributed by atoms with van der Waals surface area (Å²) in [7, 11) is 0. The minimum absolute atomic E-state index is 0. The van der Waals surface area contributed by atoms with Crippen LogP contribution in [0.4, 0.5) is 11.6 Å². The van der Waals surface area contributed by atoms with Crippen molar-refractivity contribution >= 4 is 33.7 Å². The summed E-state index contributed by atoms with van der Waals surface area (Å²) in [6.45, 7) is 10.1. The number of hydrogen-bond acceptors (Lipinski definition) is 9. The highest BCUT2D eigenvalue weighted by Gasteiger charge is 2.23. The minimum Gasteiger partial charge on any atom is -0.383 e. The highest BCUT2D eigenvalue weighted by molar-refractivity contribution is 5.99. The van der Waals surface area contributed by atoms with Gasteiger partial charge in [0.05, 0.1) is 29.5 Å². The molecular weight excluding hydrogens is 528 g/mol. The number of nitrogens with zero attached hydrogens (tertiary/aromatic N) is 8. The van der Waals surface area contributed by atoms with E-state index in [-0.39, 0.29) is 13.0 Å². The van der Waals surface area contributed by atoms with Gasteiger partial charge in [-0.05, 0) is 27.7 Å². The molecule has 4 heterocycles. The van der Waals surface area contributed by atoms with Gasteiger partial charge in [-0.15, -0.1) is 0 Å². The maximum atomic E-state index is 6.05. The van der Waals surface area contributed by atoms with Crippen molar-refractivity contribution in [3.8, 4) is 22.5 Å². The summed E-state index contributed by atoms with van der Waals surface area (Å²) in [5.74, 6) is 0.908. The van der Waals surface area contributed by atoms with E-state index >= 15 is 0 Å². The molecule has 0 atom stereocenters. The topological polar surface area (TPSA) is 148 Å². The van der Waals surface area contributed by atoms with Crippen molar-refractivity contribution in [2.45, 2.75) is 47.2 Å². The van der Waals surface area contributed by atoms with Crippen LogP contribution in [0.15, 0.2) is 73.3 Å². The average molecular weight is 567 g/mol. The van der Waals surface area contributed by atoms with Crippen LogP contribution in [0.1, 0.15) is 35.1 Å². The molecule has 0 amide bonds. The lowest BCUT2D eigenvalue weighted by Gasteiger charge is -2.19. The molecule has 11 nitrogen and oxygen atoms in total. The lowest BCUT2D eigenvalue weighted by atomic mass is 10.1. The van der Waals surface area contributed by atoms with E-state index < -0.39 is 0 Å². The van der Waals surface area contributed by atoms with Crippen molar-refractivity contribution in [2.24, 2.45) is 0 Å². The normalized spacial score (nSPS) is 11.2. The number of nitrogens with two attached hydrogens (primary N) is 2. The van der Waals surface area contributed by atoms with Gasteiger partial charge in [0.1, 0.15) is 35.7 Å². The molecule has 0 aliphatic heterocycles. The fourth-order valence-corrected chi connectivity index (χ4v) is 4.52. The SMILES string of the molecule is C.CC(C)(C)n1nc(-c2ccccc2)c2c(N)ncnc21.CCOCCn1nc(-c2ccccc2)c2c(N)ncnc21. The number of hydrogen-bond donors (Lipinski definition) is 2. The van der Waals surface area contributed by atoms with Crippen LogP contribution in [-0.4, -0.2) is 52.7 Å². The Morgan fingerprint density at radius 1 is 0.714 bits per heavy atom.